The number of ether oxygens (including phenoxy) is 2. The minimum Gasteiger partial charge on any atom is -0.508 e. The van der Waals surface area contributed by atoms with Gasteiger partial charge in [0.05, 0.1) is 6.61 Å². The molecule has 0 saturated carbocycles. The van der Waals surface area contributed by atoms with E-state index in [1.807, 2.05) is 0 Å². The Hall–Kier alpha value is -2.71. The van der Waals surface area contributed by atoms with Crippen molar-refractivity contribution in [1.29, 1.82) is 0 Å². The van der Waals surface area contributed by atoms with E-state index in [1.165, 1.54) is 24.3 Å². The first-order valence-electron chi connectivity index (χ1n) is 9.32. The molecule has 2 aromatic carbocycles. The molecule has 32 heavy (non-hydrogen) atoms. The lowest BCUT2D eigenvalue weighted by Crippen LogP contribution is -2.60. The van der Waals surface area contributed by atoms with Crippen LogP contribution in [0.4, 0.5) is 0 Å². The molecule has 1 fully saturated rings. The molecule has 0 unspecified atom stereocenters. The van der Waals surface area contributed by atoms with Crippen molar-refractivity contribution in [3.63, 3.8) is 0 Å². The number of aliphatic hydroxyl groups excluding tert-OH is 4. The number of hydrogen-bond acceptors (Lipinski definition) is 10. The Labute approximate surface area is 183 Å². The molecular weight excluding hydrogens is 448 g/mol. The number of aliphatic hydroxyl groups is 4. The summed E-state index contributed by atoms with van der Waals surface area (Å²) in [6, 6.07) is 10.0. The maximum Gasteiger partial charge on any atom is 0.446 e. The predicted octanol–water partition coefficient (Wildman–Crippen LogP) is -0.0771. The third kappa shape index (κ3) is 6.17. The van der Waals surface area contributed by atoms with E-state index in [0.29, 0.717) is 11.1 Å². The van der Waals surface area contributed by atoms with Gasteiger partial charge in [-0.2, -0.15) is 8.42 Å². The van der Waals surface area contributed by atoms with E-state index >= 15 is 0 Å². The Morgan fingerprint density at radius 3 is 2.16 bits per heavy atom. The van der Waals surface area contributed by atoms with Crippen LogP contribution in [0, 0.1) is 0 Å². The van der Waals surface area contributed by atoms with Crippen molar-refractivity contribution < 1.29 is 52.2 Å². The molecule has 2 aromatic rings. The fraction of sp³-hybridized carbons (Fsp3) is 0.300. The van der Waals surface area contributed by atoms with Gasteiger partial charge in [0, 0.05) is 6.07 Å². The summed E-state index contributed by atoms with van der Waals surface area (Å²) in [5.74, 6) is -0.304. The minimum atomic E-state index is -4.85. The van der Waals surface area contributed by atoms with Gasteiger partial charge in [-0.05, 0) is 35.4 Å². The second-order valence-corrected chi connectivity index (χ2v) is 8.01. The zero-order chi connectivity index (χ0) is 23.5. The lowest BCUT2D eigenvalue weighted by atomic mass is 9.99. The quantitative estimate of drug-likeness (QED) is 0.235. The van der Waals surface area contributed by atoms with Crippen LogP contribution >= 0.6 is 0 Å². The fourth-order valence-corrected chi connectivity index (χ4v) is 3.34. The van der Waals surface area contributed by atoms with Crippen molar-refractivity contribution in [3.05, 3.63) is 53.6 Å². The SMILES string of the molecule is O=S(=O)(O)Oc1cc(/C=C/c2ccc(O)cc2)cc(O[C@@H]2O[C@H](CO)[C@@H](O)[C@H](O)[C@H]2O)c1. The smallest absolute Gasteiger partial charge is 0.446 e. The fourth-order valence-electron chi connectivity index (χ4n) is 3.00. The van der Waals surface area contributed by atoms with Crippen molar-refractivity contribution in [1.82, 2.24) is 0 Å². The van der Waals surface area contributed by atoms with Crippen LogP contribution in [0.1, 0.15) is 11.1 Å². The zero-order valence-corrected chi connectivity index (χ0v) is 17.2. The normalized spacial score (nSPS) is 26.2. The minimum absolute atomic E-state index is 0.0687. The molecule has 11 nitrogen and oxygen atoms in total. The van der Waals surface area contributed by atoms with Crippen LogP contribution in [0.2, 0.25) is 0 Å². The molecule has 1 aliphatic rings. The van der Waals surface area contributed by atoms with Crippen LogP contribution in [0.15, 0.2) is 42.5 Å². The molecule has 12 heteroatoms. The van der Waals surface area contributed by atoms with Gasteiger partial charge in [-0.25, -0.2) is 0 Å². The highest BCUT2D eigenvalue weighted by molar-refractivity contribution is 7.81. The molecule has 0 amide bonds. The van der Waals surface area contributed by atoms with E-state index < -0.39 is 47.7 Å². The average Bonchev–Trinajstić information content (AvgIpc) is 2.72. The third-order valence-corrected chi connectivity index (χ3v) is 4.97. The van der Waals surface area contributed by atoms with Gasteiger partial charge in [0.2, 0.25) is 6.29 Å². The molecular formula is C20H22O11S. The first-order valence-corrected chi connectivity index (χ1v) is 10.7. The second-order valence-electron chi connectivity index (χ2n) is 6.99. The van der Waals surface area contributed by atoms with E-state index in [0.717, 1.165) is 6.07 Å². The first kappa shape index (κ1) is 23.9. The average molecular weight is 470 g/mol. The molecule has 0 aliphatic carbocycles. The largest absolute Gasteiger partial charge is 0.508 e. The van der Waals surface area contributed by atoms with Crippen molar-refractivity contribution in [2.75, 3.05) is 6.61 Å². The van der Waals surface area contributed by atoms with Gasteiger partial charge >= 0.3 is 10.4 Å². The Morgan fingerprint density at radius 1 is 0.906 bits per heavy atom. The molecule has 0 aromatic heterocycles. The molecule has 6 N–H and O–H groups in total. The van der Waals surface area contributed by atoms with Crippen molar-refractivity contribution in [2.24, 2.45) is 0 Å². The first-order chi connectivity index (χ1) is 15.1. The van der Waals surface area contributed by atoms with Crippen molar-refractivity contribution >= 4 is 22.6 Å². The summed E-state index contributed by atoms with van der Waals surface area (Å²) in [5.41, 5.74) is 1.07. The zero-order valence-electron chi connectivity index (χ0n) is 16.4. The van der Waals surface area contributed by atoms with Crippen LogP contribution in [0.5, 0.6) is 17.2 Å². The van der Waals surface area contributed by atoms with Gasteiger partial charge in [-0.1, -0.05) is 24.3 Å². The summed E-state index contributed by atoms with van der Waals surface area (Å²) in [4.78, 5) is 0. The molecule has 1 heterocycles. The number of hydrogen-bond donors (Lipinski definition) is 6. The molecule has 174 valence electrons. The Morgan fingerprint density at radius 2 is 1.53 bits per heavy atom. The Balaban J connectivity index is 1.89. The molecule has 1 saturated heterocycles. The van der Waals surface area contributed by atoms with Crippen LogP contribution in [0.3, 0.4) is 0 Å². The van der Waals surface area contributed by atoms with Crippen LogP contribution in [-0.2, 0) is 15.1 Å². The van der Waals surface area contributed by atoms with E-state index in [9.17, 15) is 34.0 Å². The number of rotatable bonds is 7. The summed E-state index contributed by atoms with van der Waals surface area (Å²) >= 11 is 0. The topological polar surface area (TPSA) is 183 Å². The molecule has 1 aliphatic heterocycles. The maximum absolute atomic E-state index is 11.1. The van der Waals surface area contributed by atoms with E-state index in [4.69, 9.17) is 14.0 Å². The van der Waals surface area contributed by atoms with E-state index in [1.54, 1.807) is 24.3 Å². The number of aromatic hydroxyl groups is 1. The molecule has 0 radical (unpaired) electrons. The van der Waals surface area contributed by atoms with Crippen LogP contribution in [-0.4, -0.2) is 75.8 Å². The summed E-state index contributed by atoms with van der Waals surface area (Å²) in [6.45, 7) is -0.655. The standard InChI is InChI=1S/C20H22O11S/c21-10-16-17(23)18(24)19(25)20(30-16)29-14-7-12(8-15(9-14)31-32(26,27)28)2-1-11-3-5-13(22)6-4-11/h1-9,16-25H,10H2,(H,26,27,28)/b2-1+/t16-,17-,18+,19-,20-/m1/s1. The van der Waals surface area contributed by atoms with Gasteiger partial charge in [-0.3, -0.25) is 4.55 Å². The second kappa shape index (κ2) is 9.83. The highest BCUT2D eigenvalue weighted by atomic mass is 32.3. The lowest BCUT2D eigenvalue weighted by molar-refractivity contribution is -0.277. The van der Waals surface area contributed by atoms with Gasteiger partial charge in [-0.15, -0.1) is 0 Å². The number of benzene rings is 2. The summed E-state index contributed by atoms with van der Waals surface area (Å²) in [5, 5.41) is 48.5. The van der Waals surface area contributed by atoms with Crippen LogP contribution < -0.4 is 8.92 Å². The van der Waals surface area contributed by atoms with Gasteiger partial charge in [0.15, 0.2) is 0 Å². The maximum atomic E-state index is 11.1. The lowest BCUT2D eigenvalue weighted by Gasteiger charge is -2.39. The molecule has 5 atom stereocenters. The monoisotopic (exact) mass is 470 g/mol. The van der Waals surface area contributed by atoms with Gasteiger partial charge in [0.1, 0.15) is 41.7 Å². The van der Waals surface area contributed by atoms with E-state index in [2.05, 4.69) is 4.18 Å². The molecule has 0 bridgehead atoms. The highest BCUT2D eigenvalue weighted by Crippen LogP contribution is 2.29. The van der Waals surface area contributed by atoms with E-state index in [-0.39, 0.29) is 17.2 Å². The number of phenols is 1. The highest BCUT2D eigenvalue weighted by Gasteiger charge is 2.44. The Kier molecular flexibility index (Phi) is 7.36. The van der Waals surface area contributed by atoms with Gasteiger partial charge < -0.3 is 39.2 Å². The summed E-state index contributed by atoms with van der Waals surface area (Å²) in [6.07, 6.45) is -4.45. The molecule has 0 spiro atoms. The van der Waals surface area contributed by atoms with Crippen molar-refractivity contribution in [3.8, 4) is 17.2 Å². The van der Waals surface area contributed by atoms with Crippen molar-refractivity contribution in [2.45, 2.75) is 30.7 Å². The van der Waals surface area contributed by atoms with Crippen LogP contribution in [0.25, 0.3) is 12.2 Å². The van der Waals surface area contributed by atoms with Gasteiger partial charge in [0.25, 0.3) is 0 Å². The number of phenolic OH excluding ortho intramolecular Hbond substituents is 1. The molecule has 3 rings (SSSR count). The Bertz CT molecular complexity index is 1050. The third-order valence-electron chi connectivity index (χ3n) is 4.57. The summed E-state index contributed by atoms with van der Waals surface area (Å²) < 4.78 is 46.5. The summed E-state index contributed by atoms with van der Waals surface area (Å²) in [7, 11) is -4.85. The predicted molar refractivity (Wildman–Crippen MR) is 110 cm³/mol.